The zero-order valence-corrected chi connectivity index (χ0v) is 13.3. The van der Waals surface area contributed by atoms with Gasteiger partial charge >= 0.3 is 6.36 Å². The molecule has 0 bridgehead atoms. The molecule has 7 N–H and O–H groups in total. The maximum atomic E-state index is 12.0. The Kier molecular flexibility index (Phi) is 7.18. The number of alkyl halides is 3. The van der Waals surface area contributed by atoms with Gasteiger partial charge in [-0.25, -0.2) is 4.99 Å². The fourth-order valence-electron chi connectivity index (χ4n) is 1.29. The van der Waals surface area contributed by atoms with Crippen LogP contribution in [0.1, 0.15) is 31.9 Å². The number of aliphatic imine (C=N–C) groups is 1. The molecule has 0 heterocycles. The van der Waals surface area contributed by atoms with E-state index in [9.17, 15) is 13.2 Å². The highest BCUT2D eigenvalue weighted by Gasteiger charge is 2.31. The van der Waals surface area contributed by atoms with Crippen LogP contribution in [0.25, 0.3) is 0 Å². The van der Waals surface area contributed by atoms with Crippen molar-refractivity contribution in [1.82, 2.24) is 0 Å². The number of nitrogens with two attached hydrogens (primary N) is 2. The first-order valence-corrected chi connectivity index (χ1v) is 6.53. The summed E-state index contributed by atoms with van der Waals surface area (Å²) in [6.07, 6.45) is -4.71. The van der Waals surface area contributed by atoms with Gasteiger partial charge in [-0.15, -0.1) is 13.2 Å². The molecular formula is C14H24F3N4O+. The van der Waals surface area contributed by atoms with E-state index < -0.39 is 6.36 Å². The summed E-state index contributed by atoms with van der Waals surface area (Å²) < 4.78 is 39.9. The van der Waals surface area contributed by atoms with Crippen molar-refractivity contribution in [3.8, 4) is 5.75 Å². The smallest absolute Gasteiger partial charge is 0.406 e. The van der Waals surface area contributed by atoms with Gasteiger partial charge < -0.3 is 21.9 Å². The van der Waals surface area contributed by atoms with Gasteiger partial charge in [-0.1, -0.05) is 6.07 Å². The summed E-state index contributed by atoms with van der Waals surface area (Å²) in [4.78, 5) is 3.71. The molecule has 0 aliphatic carbocycles. The summed E-state index contributed by atoms with van der Waals surface area (Å²) >= 11 is 0. The fraction of sp³-hybridized carbons (Fsp3) is 0.500. The van der Waals surface area contributed by atoms with E-state index in [-0.39, 0.29) is 23.8 Å². The van der Waals surface area contributed by atoms with Crippen LogP contribution in [0.2, 0.25) is 0 Å². The highest BCUT2D eigenvalue weighted by Crippen LogP contribution is 2.25. The van der Waals surface area contributed by atoms with Crippen molar-refractivity contribution in [2.45, 2.75) is 46.1 Å². The average molecular weight is 321 g/mol. The number of benzene rings is 1. The van der Waals surface area contributed by atoms with E-state index in [1.54, 1.807) is 13.0 Å². The van der Waals surface area contributed by atoms with E-state index >= 15 is 0 Å². The summed E-state index contributed by atoms with van der Waals surface area (Å²) in [5.41, 5.74) is 15.5. The maximum Gasteiger partial charge on any atom is 0.573 e. The molecule has 0 fully saturated rings. The van der Waals surface area contributed by atoms with E-state index in [0.29, 0.717) is 11.1 Å². The van der Waals surface area contributed by atoms with Gasteiger partial charge in [0.25, 0.3) is 0 Å². The van der Waals surface area contributed by atoms with Crippen LogP contribution < -0.4 is 21.9 Å². The molecule has 5 nitrogen and oxygen atoms in total. The molecule has 8 heteroatoms. The highest BCUT2D eigenvalue weighted by atomic mass is 19.4. The SMILES string of the molecule is CC(C)(C)[NH3+].Cc1cc(CN=C(N)N)cc(OC(F)(F)F)c1. The van der Waals surface area contributed by atoms with Crippen molar-refractivity contribution in [3.05, 3.63) is 29.3 Å². The van der Waals surface area contributed by atoms with Crippen LogP contribution >= 0.6 is 0 Å². The van der Waals surface area contributed by atoms with E-state index in [0.717, 1.165) is 0 Å². The predicted octanol–water partition coefficient (Wildman–Crippen LogP) is 1.69. The van der Waals surface area contributed by atoms with Crippen molar-refractivity contribution < 1.29 is 23.6 Å². The minimum Gasteiger partial charge on any atom is -0.406 e. The van der Waals surface area contributed by atoms with Crippen LogP contribution in [-0.4, -0.2) is 17.9 Å². The zero-order chi connectivity index (χ0) is 17.6. The molecule has 22 heavy (non-hydrogen) atoms. The summed E-state index contributed by atoms with van der Waals surface area (Å²) in [6.45, 7) is 7.99. The molecule has 0 unspecified atom stereocenters. The molecule has 1 rings (SSSR count). The number of hydrogen-bond acceptors (Lipinski definition) is 2. The second-order valence-electron chi connectivity index (χ2n) is 6.00. The van der Waals surface area contributed by atoms with Gasteiger partial charge in [-0.3, -0.25) is 0 Å². The second kappa shape index (κ2) is 7.88. The Bertz CT molecular complexity index is 498. The van der Waals surface area contributed by atoms with Crippen LogP contribution in [0, 0.1) is 6.92 Å². The van der Waals surface area contributed by atoms with Crippen molar-refractivity contribution in [2.24, 2.45) is 16.5 Å². The molecule has 0 aromatic heterocycles. The largest absolute Gasteiger partial charge is 0.573 e. The van der Waals surface area contributed by atoms with E-state index in [1.165, 1.54) is 12.1 Å². The Balaban J connectivity index is 0.000000763. The third-order valence-corrected chi connectivity index (χ3v) is 1.79. The highest BCUT2D eigenvalue weighted by molar-refractivity contribution is 5.75. The van der Waals surface area contributed by atoms with Crippen molar-refractivity contribution in [1.29, 1.82) is 0 Å². The van der Waals surface area contributed by atoms with Crippen LogP contribution in [0.5, 0.6) is 5.75 Å². The van der Waals surface area contributed by atoms with Crippen LogP contribution in [0.4, 0.5) is 13.2 Å². The topological polar surface area (TPSA) is 101 Å². The lowest BCUT2D eigenvalue weighted by Crippen LogP contribution is -2.67. The van der Waals surface area contributed by atoms with Gasteiger partial charge in [0.05, 0.1) is 12.1 Å². The molecule has 0 aliphatic heterocycles. The Hall–Kier alpha value is -1.96. The Morgan fingerprint density at radius 1 is 1.18 bits per heavy atom. The van der Waals surface area contributed by atoms with Gasteiger partial charge in [-0.05, 0) is 51.0 Å². The standard InChI is InChI=1S/C10H12F3N3O.C4H11N/c1-6-2-7(5-16-9(14)15)4-8(3-6)17-10(11,12)13;1-4(2,3)5/h2-4H,5H2,1H3,(H4,14,15,16);5H2,1-3H3/p+1. The lowest BCUT2D eigenvalue weighted by atomic mass is 10.1. The molecule has 0 atom stereocenters. The van der Waals surface area contributed by atoms with Crippen LogP contribution in [0.3, 0.4) is 0 Å². The van der Waals surface area contributed by atoms with Crippen LogP contribution in [-0.2, 0) is 6.54 Å². The number of ether oxygens (including phenoxy) is 1. The normalized spacial score (nSPS) is 11.3. The van der Waals surface area contributed by atoms with E-state index in [1.807, 2.05) is 0 Å². The monoisotopic (exact) mass is 321 g/mol. The summed E-state index contributed by atoms with van der Waals surface area (Å²) in [6, 6.07) is 4.20. The molecule has 1 aromatic rings. The fourth-order valence-corrected chi connectivity index (χ4v) is 1.29. The quantitative estimate of drug-likeness (QED) is 0.583. The van der Waals surface area contributed by atoms with Crippen molar-refractivity contribution >= 4 is 5.96 Å². The summed E-state index contributed by atoms with van der Waals surface area (Å²) in [5.74, 6) is -0.400. The molecule has 0 amide bonds. The Labute approximate surface area is 128 Å². The lowest BCUT2D eigenvalue weighted by molar-refractivity contribution is -0.458. The minimum absolute atomic E-state index is 0.109. The second-order valence-corrected chi connectivity index (χ2v) is 6.00. The van der Waals surface area contributed by atoms with E-state index in [4.69, 9.17) is 11.5 Å². The molecule has 0 radical (unpaired) electrons. The number of guanidine groups is 1. The number of nitrogens with zero attached hydrogens (tertiary/aromatic N) is 1. The number of hydrogen-bond donors (Lipinski definition) is 3. The molecule has 1 aromatic carbocycles. The first kappa shape index (κ1) is 20.0. The van der Waals surface area contributed by atoms with E-state index in [2.05, 4.69) is 36.2 Å². The number of aryl methyl sites for hydroxylation is 1. The molecule has 126 valence electrons. The van der Waals surface area contributed by atoms with Gasteiger partial charge in [0.15, 0.2) is 5.96 Å². The predicted molar refractivity (Wildman–Crippen MR) is 80.0 cm³/mol. The summed E-state index contributed by atoms with van der Waals surface area (Å²) in [5, 5.41) is 0. The minimum atomic E-state index is -4.71. The Morgan fingerprint density at radius 3 is 2.09 bits per heavy atom. The van der Waals surface area contributed by atoms with Gasteiger partial charge in [-0.2, -0.15) is 0 Å². The van der Waals surface area contributed by atoms with Crippen molar-refractivity contribution in [2.75, 3.05) is 0 Å². The van der Waals surface area contributed by atoms with Gasteiger partial charge in [0.2, 0.25) is 0 Å². The number of quaternary nitrogens is 1. The third kappa shape index (κ3) is 13.0. The van der Waals surface area contributed by atoms with Gasteiger partial charge in [0.1, 0.15) is 5.75 Å². The van der Waals surface area contributed by atoms with Gasteiger partial charge in [0, 0.05) is 0 Å². The first-order valence-electron chi connectivity index (χ1n) is 6.53. The first-order chi connectivity index (χ1) is 9.76. The Morgan fingerprint density at radius 2 is 1.68 bits per heavy atom. The molecule has 0 spiro atoms. The molecular weight excluding hydrogens is 297 g/mol. The lowest BCUT2D eigenvalue weighted by Gasteiger charge is -2.10. The number of halogens is 3. The number of rotatable bonds is 3. The molecule has 0 saturated carbocycles. The third-order valence-electron chi connectivity index (χ3n) is 1.79. The molecule has 0 aliphatic rings. The molecule has 0 saturated heterocycles. The zero-order valence-electron chi connectivity index (χ0n) is 13.3. The van der Waals surface area contributed by atoms with Crippen molar-refractivity contribution in [3.63, 3.8) is 0 Å². The van der Waals surface area contributed by atoms with Crippen LogP contribution in [0.15, 0.2) is 23.2 Å². The maximum absolute atomic E-state index is 12.0. The summed E-state index contributed by atoms with van der Waals surface area (Å²) in [7, 11) is 0. The average Bonchev–Trinajstić information content (AvgIpc) is 2.20.